The highest BCUT2D eigenvalue weighted by Gasteiger charge is 1.98. The minimum absolute atomic E-state index is 0.222. The summed E-state index contributed by atoms with van der Waals surface area (Å²) in [6, 6.07) is 4.54. The summed E-state index contributed by atoms with van der Waals surface area (Å²) < 4.78 is 12.7. The van der Waals surface area contributed by atoms with E-state index in [0.717, 1.165) is 5.56 Å². The minimum atomic E-state index is -0.414. The van der Waals surface area contributed by atoms with Crippen LogP contribution in [-0.2, 0) is 4.79 Å². The highest BCUT2D eigenvalue weighted by molar-refractivity contribution is 5.71. The molecule has 1 rings (SSSR count). The zero-order chi connectivity index (χ0) is 8.27. The van der Waals surface area contributed by atoms with Crippen LogP contribution in [0, 0.1) is 12.7 Å². The smallest absolute Gasteiger partial charge is 0.211 e. The van der Waals surface area contributed by atoms with Crippen molar-refractivity contribution in [3.8, 4) is 0 Å². The summed E-state index contributed by atoms with van der Waals surface area (Å²) in [4.78, 5) is 9.96. The molecule has 2 nitrogen and oxygen atoms in total. The molecule has 3 heteroatoms. The van der Waals surface area contributed by atoms with Crippen LogP contribution in [0.4, 0.5) is 10.1 Å². The average Bonchev–Trinajstić information content (AvgIpc) is 1.98. The summed E-state index contributed by atoms with van der Waals surface area (Å²) >= 11 is 0. The molecule has 0 aliphatic rings. The van der Waals surface area contributed by atoms with E-state index in [9.17, 15) is 9.18 Å². The highest BCUT2D eigenvalue weighted by atomic mass is 19.1. The largest absolute Gasteiger partial charge is 0.326 e. The van der Waals surface area contributed by atoms with Gasteiger partial charge in [-0.2, -0.15) is 0 Å². The maximum absolute atomic E-state index is 12.7. The molecule has 0 bridgehead atoms. The summed E-state index contributed by atoms with van der Waals surface area (Å²) in [5.74, 6) is -0.414. The predicted octanol–water partition coefficient (Wildman–Crippen LogP) is 1.70. The highest BCUT2D eigenvalue weighted by Crippen LogP contribution is 2.14. The topological polar surface area (TPSA) is 29.1 Å². The third-order valence-electron chi connectivity index (χ3n) is 1.34. The third kappa shape index (κ3) is 1.77. The van der Waals surface area contributed by atoms with E-state index in [0.29, 0.717) is 6.41 Å². The van der Waals surface area contributed by atoms with Crippen LogP contribution in [-0.4, -0.2) is 6.41 Å². The van der Waals surface area contributed by atoms with Crippen molar-refractivity contribution in [2.24, 2.45) is 0 Å². The molecular formula is C8H8FNO. The Morgan fingerprint density at radius 2 is 2.27 bits per heavy atom. The number of amides is 1. The second kappa shape index (κ2) is 3.14. The summed E-state index contributed by atoms with van der Waals surface area (Å²) in [6.45, 7) is 1.83. The van der Waals surface area contributed by atoms with Crippen molar-refractivity contribution in [1.29, 1.82) is 0 Å². The average molecular weight is 153 g/mol. The molecule has 0 saturated carbocycles. The molecule has 0 atom stereocenters. The first kappa shape index (κ1) is 7.72. The van der Waals surface area contributed by atoms with Gasteiger partial charge in [0.25, 0.3) is 0 Å². The lowest BCUT2D eigenvalue weighted by Gasteiger charge is -2.00. The molecule has 0 aliphatic heterocycles. The van der Waals surface area contributed by atoms with Gasteiger partial charge in [0, 0.05) is 0 Å². The number of nitrogens with one attached hydrogen (secondary N) is 1. The molecule has 0 aromatic heterocycles. The van der Waals surface area contributed by atoms with Crippen molar-refractivity contribution in [2.75, 3.05) is 5.32 Å². The molecule has 1 amide bonds. The summed E-state index contributed by atoms with van der Waals surface area (Å²) in [5.41, 5.74) is 1.13. The van der Waals surface area contributed by atoms with Crippen LogP contribution in [0.5, 0.6) is 0 Å². The second-order valence-electron chi connectivity index (χ2n) is 2.25. The normalized spacial score (nSPS) is 9.27. The van der Waals surface area contributed by atoms with E-state index in [1.807, 2.05) is 6.92 Å². The van der Waals surface area contributed by atoms with Gasteiger partial charge in [-0.05, 0) is 24.6 Å². The second-order valence-corrected chi connectivity index (χ2v) is 2.25. The first-order chi connectivity index (χ1) is 5.24. The predicted molar refractivity (Wildman–Crippen MR) is 40.8 cm³/mol. The molecule has 0 aliphatic carbocycles. The van der Waals surface area contributed by atoms with Gasteiger partial charge in [0.15, 0.2) is 0 Å². The Labute approximate surface area is 64.0 Å². The van der Waals surface area contributed by atoms with Crippen LogP contribution in [0.1, 0.15) is 5.56 Å². The van der Waals surface area contributed by atoms with Crippen LogP contribution in [0.25, 0.3) is 0 Å². The first-order valence-corrected chi connectivity index (χ1v) is 3.20. The number of halogens is 1. The molecule has 1 N–H and O–H groups in total. The molecule has 1 aromatic rings. The summed E-state index contributed by atoms with van der Waals surface area (Å²) in [5, 5.41) is 2.26. The number of hydrogen-bond donors (Lipinski definition) is 1. The standard InChI is InChI=1S/C8H8FNO/c1-6-2-3-7(9)8(4-6)10-5-11/h2-5H,1H3,(H,10,11). The number of carbonyl (C=O) groups excluding carboxylic acids is 1. The molecule has 0 unspecified atom stereocenters. The fourth-order valence-corrected chi connectivity index (χ4v) is 0.813. The van der Waals surface area contributed by atoms with Gasteiger partial charge < -0.3 is 5.32 Å². The Morgan fingerprint density at radius 1 is 1.55 bits per heavy atom. The molecule has 1 aromatic carbocycles. The van der Waals surface area contributed by atoms with Crippen molar-refractivity contribution < 1.29 is 9.18 Å². The van der Waals surface area contributed by atoms with E-state index < -0.39 is 5.82 Å². The molecular weight excluding hydrogens is 145 g/mol. The lowest BCUT2D eigenvalue weighted by Crippen LogP contribution is -1.96. The quantitative estimate of drug-likeness (QED) is 0.644. The Morgan fingerprint density at radius 3 is 2.91 bits per heavy atom. The van der Waals surface area contributed by atoms with Crippen LogP contribution >= 0.6 is 0 Å². The van der Waals surface area contributed by atoms with Gasteiger partial charge in [-0.3, -0.25) is 4.79 Å². The SMILES string of the molecule is Cc1ccc(F)c(NC=O)c1. The van der Waals surface area contributed by atoms with Gasteiger partial charge in [0.1, 0.15) is 5.82 Å². The van der Waals surface area contributed by atoms with Gasteiger partial charge in [-0.15, -0.1) is 0 Å². The van der Waals surface area contributed by atoms with Crippen molar-refractivity contribution in [3.63, 3.8) is 0 Å². The third-order valence-corrected chi connectivity index (χ3v) is 1.34. The fraction of sp³-hybridized carbons (Fsp3) is 0.125. The van der Waals surface area contributed by atoms with E-state index in [4.69, 9.17) is 0 Å². The van der Waals surface area contributed by atoms with Crippen molar-refractivity contribution in [3.05, 3.63) is 29.6 Å². The Balaban J connectivity index is 3.01. The van der Waals surface area contributed by atoms with E-state index >= 15 is 0 Å². The van der Waals surface area contributed by atoms with Gasteiger partial charge in [-0.25, -0.2) is 4.39 Å². The molecule has 0 spiro atoms. The number of hydrogen-bond acceptors (Lipinski definition) is 1. The van der Waals surface area contributed by atoms with Crippen molar-refractivity contribution >= 4 is 12.1 Å². The number of aryl methyl sites for hydroxylation is 1. The van der Waals surface area contributed by atoms with Gasteiger partial charge in [0.05, 0.1) is 5.69 Å². The lowest BCUT2D eigenvalue weighted by molar-refractivity contribution is -0.105. The van der Waals surface area contributed by atoms with Crippen LogP contribution in [0.3, 0.4) is 0 Å². The van der Waals surface area contributed by atoms with E-state index in [-0.39, 0.29) is 5.69 Å². The summed E-state index contributed by atoms with van der Waals surface area (Å²) in [6.07, 6.45) is 0.456. The van der Waals surface area contributed by atoms with Crippen molar-refractivity contribution in [1.82, 2.24) is 0 Å². The molecule has 0 fully saturated rings. The minimum Gasteiger partial charge on any atom is -0.326 e. The van der Waals surface area contributed by atoms with Gasteiger partial charge >= 0.3 is 0 Å². The van der Waals surface area contributed by atoms with E-state index in [1.165, 1.54) is 6.07 Å². The Hall–Kier alpha value is -1.38. The number of rotatable bonds is 2. The lowest BCUT2D eigenvalue weighted by atomic mass is 10.2. The molecule has 11 heavy (non-hydrogen) atoms. The van der Waals surface area contributed by atoms with Gasteiger partial charge in [-0.1, -0.05) is 6.07 Å². The molecule has 0 radical (unpaired) electrons. The number of carbonyl (C=O) groups is 1. The number of anilines is 1. The van der Waals surface area contributed by atoms with Gasteiger partial charge in [0.2, 0.25) is 6.41 Å². The molecule has 58 valence electrons. The van der Waals surface area contributed by atoms with E-state index in [1.54, 1.807) is 12.1 Å². The Kier molecular flexibility index (Phi) is 2.21. The zero-order valence-corrected chi connectivity index (χ0v) is 6.10. The number of benzene rings is 1. The first-order valence-electron chi connectivity index (χ1n) is 3.20. The maximum Gasteiger partial charge on any atom is 0.211 e. The van der Waals surface area contributed by atoms with Crippen LogP contribution in [0.15, 0.2) is 18.2 Å². The maximum atomic E-state index is 12.7. The molecule has 0 saturated heterocycles. The monoisotopic (exact) mass is 153 g/mol. The summed E-state index contributed by atoms with van der Waals surface area (Å²) in [7, 11) is 0. The van der Waals surface area contributed by atoms with Crippen LogP contribution < -0.4 is 5.32 Å². The van der Waals surface area contributed by atoms with Crippen LogP contribution in [0.2, 0.25) is 0 Å². The molecule has 0 heterocycles. The van der Waals surface area contributed by atoms with Crippen molar-refractivity contribution in [2.45, 2.75) is 6.92 Å². The Bertz CT molecular complexity index is 273. The van der Waals surface area contributed by atoms with E-state index in [2.05, 4.69) is 5.32 Å². The fourth-order valence-electron chi connectivity index (χ4n) is 0.813. The zero-order valence-electron chi connectivity index (χ0n) is 6.10.